The van der Waals surface area contributed by atoms with E-state index < -0.39 is 9.84 Å². The van der Waals surface area contributed by atoms with Gasteiger partial charge in [-0.05, 0) is 47.7 Å². The molecular formula is C12H16BrNO3S. The van der Waals surface area contributed by atoms with Crippen LogP contribution in [0.5, 0.6) is 5.88 Å². The Bertz CT molecular complexity index is 524. The van der Waals surface area contributed by atoms with Crippen LogP contribution in [0, 0.1) is 0 Å². The summed E-state index contributed by atoms with van der Waals surface area (Å²) in [6, 6.07) is 1.54. The molecule has 1 saturated carbocycles. The molecule has 0 amide bonds. The van der Waals surface area contributed by atoms with Crippen LogP contribution in [-0.4, -0.2) is 25.8 Å². The smallest absolute Gasteiger partial charge is 0.228 e. The molecule has 1 fully saturated rings. The molecule has 0 N–H and O–H groups in total. The summed E-state index contributed by atoms with van der Waals surface area (Å²) >= 11 is 3.31. The van der Waals surface area contributed by atoms with Crippen LogP contribution < -0.4 is 4.74 Å². The van der Waals surface area contributed by atoms with Crippen molar-refractivity contribution in [3.8, 4) is 5.88 Å². The van der Waals surface area contributed by atoms with Gasteiger partial charge in [-0.2, -0.15) is 0 Å². The summed E-state index contributed by atoms with van der Waals surface area (Å²) in [5.74, 6) is 0.481. The monoisotopic (exact) mass is 333 g/mol. The van der Waals surface area contributed by atoms with E-state index in [1.807, 2.05) is 0 Å². The summed E-state index contributed by atoms with van der Waals surface area (Å²) in [6.45, 7) is 0. The maximum absolute atomic E-state index is 11.4. The number of pyridine rings is 1. The largest absolute Gasteiger partial charge is 0.474 e. The third kappa shape index (κ3) is 3.45. The minimum atomic E-state index is -3.22. The van der Waals surface area contributed by atoms with Gasteiger partial charge in [0.05, 0.1) is 9.37 Å². The first kappa shape index (κ1) is 13.8. The minimum absolute atomic E-state index is 0.199. The second-order valence-corrected chi connectivity index (χ2v) is 7.48. The van der Waals surface area contributed by atoms with Gasteiger partial charge in [0.15, 0.2) is 9.84 Å². The van der Waals surface area contributed by atoms with E-state index in [9.17, 15) is 8.42 Å². The molecule has 6 heteroatoms. The minimum Gasteiger partial charge on any atom is -0.474 e. The van der Waals surface area contributed by atoms with Crippen LogP contribution in [0.3, 0.4) is 0 Å². The second kappa shape index (κ2) is 5.57. The van der Waals surface area contributed by atoms with Crippen molar-refractivity contribution >= 4 is 25.8 Å². The first-order valence-corrected chi connectivity index (χ1v) is 8.67. The fourth-order valence-electron chi connectivity index (χ4n) is 2.04. The maximum Gasteiger partial charge on any atom is 0.228 e. The van der Waals surface area contributed by atoms with Gasteiger partial charge in [-0.3, -0.25) is 0 Å². The molecule has 0 atom stereocenters. The Labute approximate surface area is 116 Å². The number of rotatable bonds is 3. The molecule has 100 valence electrons. The van der Waals surface area contributed by atoms with Crippen LogP contribution in [0.4, 0.5) is 0 Å². The van der Waals surface area contributed by atoms with Gasteiger partial charge < -0.3 is 4.74 Å². The maximum atomic E-state index is 11.4. The number of nitrogens with zero attached hydrogens (tertiary/aromatic N) is 1. The molecular weight excluding hydrogens is 318 g/mol. The zero-order valence-electron chi connectivity index (χ0n) is 10.2. The van der Waals surface area contributed by atoms with Gasteiger partial charge in [0.25, 0.3) is 0 Å². The molecule has 0 saturated heterocycles. The lowest BCUT2D eigenvalue weighted by Gasteiger charge is -2.22. The number of hydrogen-bond acceptors (Lipinski definition) is 4. The summed E-state index contributed by atoms with van der Waals surface area (Å²) in [5.41, 5.74) is 0. The van der Waals surface area contributed by atoms with E-state index in [0.29, 0.717) is 10.4 Å². The number of ether oxygens (including phenoxy) is 1. The van der Waals surface area contributed by atoms with Crippen LogP contribution in [0.2, 0.25) is 0 Å². The molecule has 0 aromatic carbocycles. The van der Waals surface area contributed by atoms with Crippen molar-refractivity contribution in [1.82, 2.24) is 4.98 Å². The molecule has 2 rings (SSSR count). The second-order valence-electron chi connectivity index (χ2n) is 4.61. The van der Waals surface area contributed by atoms with Gasteiger partial charge in [-0.25, -0.2) is 13.4 Å². The SMILES string of the molecule is CS(=O)(=O)c1cnc(OC2CCCCC2)c(Br)c1. The molecule has 0 bridgehead atoms. The van der Waals surface area contributed by atoms with Crippen molar-refractivity contribution in [1.29, 1.82) is 0 Å². The highest BCUT2D eigenvalue weighted by Gasteiger charge is 2.18. The molecule has 1 heterocycles. The predicted octanol–water partition coefficient (Wildman–Crippen LogP) is 2.96. The molecule has 18 heavy (non-hydrogen) atoms. The number of hydrogen-bond donors (Lipinski definition) is 0. The van der Waals surface area contributed by atoms with Gasteiger partial charge in [-0.1, -0.05) is 6.42 Å². The molecule has 0 radical (unpaired) electrons. The van der Waals surface area contributed by atoms with Gasteiger partial charge in [0, 0.05) is 12.5 Å². The van der Waals surface area contributed by atoms with Crippen LogP contribution in [0.1, 0.15) is 32.1 Å². The van der Waals surface area contributed by atoms with Crippen LogP contribution in [0.15, 0.2) is 21.6 Å². The van der Waals surface area contributed by atoms with E-state index in [0.717, 1.165) is 19.1 Å². The first-order chi connectivity index (χ1) is 8.47. The Morgan fingerprint density at radius 3 is 2.56 bits per heavy atom. The fourth-order valence-corrected chi connectivity index (χ4v) is 3.21. The standard InChI is InChI=1S/C12H16BrNO3S/c1-18(15,16)10-7-11(13)12(14-8-10)17-9-5-3-2-4-6-9/h7-9H,2-6H2,1H3. The van der Waals surface area contributed by atoms with Crippen molar-refractivity contribution in [2.24, 2.45) is 0 Å². The van der Waals surface area contributed by atoms with Gasteiger partial charge >= 0.3 is 0 Å². The van der Waals surface area contributed by atoms with Crippen molar-refractivity contribution < 1.29 is 13.2 Å². The molecule has 0 aliphatic heterocycles. The average Bonchev–Trinajstić information content (AvgIpc) is 2.32. The van der Waals surface area contributed by atoms with Gasteiger partial charge in [0.1, 0.15) is 6.10 Å². The molecule has 0 spiro atoms. The van der Waals surface area contributed by atoms with E-state index in [-0.39, 0.29) is 11.0 Å². The zero-order valence-corrected chi connectivity index (χ0v) is 12.6. The summed E-state index contributed by atoms with van der Waals surface area (Å²) < 4.78 is 29.2. The topological polar surface area (TPSA) is 56.3 Å². The highest BCUT2D eigenvalue weighted by Crippen LogP contribution is 2.29. The first-order valence-electron chi connectivity index (χ1n) is 5.99. The highest BCUT2D eigenvalue weighted by atomic mass is 79.9. The Balaban J connectivity index is 2.14. The number of aromatic nitrogens is 1. The van der Waals surface area contributed by atoms with Crippen molar-refractivity contribution in [2.75, 3.05) is 6.26 Å². The highest BCUT2D eigenvalue weighted by molar-refractivity contribution is 9.10. The Hall–Kier alpha value is -0.620. The lowest BCUT2D eigenvalue weighted by atomic mass is 9.98. The van der Waals surface area contributed by atoms with E-state index in [1.54, 1.807) is 6.07 Å². The Kier molecular flexibility index (Phi) is 4.27. The van der Waals surface area contributed by atoms with E-state index >= 15 is 0 Å². The zero-order chi connectivity index (χ0) is 13.2. The fraction of sp³-hybridized carbons (Fsp3) is 0.583. The lowest BCUT2D eigenvalue weighted by molar-refractivity contribution is 0.147. The molecule has 1 aliphatic rings. The van der Waals surface area contributed by atoms with E-state index in [1.165, 1.54) is 25.5 Å². The van der Waals surface area contributed by atoms with Gasteiger partial charge in [-0.15, -0.1) is 0 Å². The lowest BCUT2D eigenvalue weighted by Crippen LogP contribution is -2.20. The van der Waals surface area contributed by atoms with E-state index in [4.69, 9.17) is 4.74 Å². The molecule has 4 nitrogen and oxygen atoms in total. The summed E-state index contributed by atoms with van der Waals surface area (Å²) in [5, 5.41) is 0. The van der Waals surface area contributed by atoms with Crippen molar-refractivity contribution in [2.45, 2.75) is 43.1 Å². The average molecular weight is 334 g/mol. The summed E-state index contributed by atoms with van der Waals surface area (Å²) in [6.07, 6.45) is 8.43. The van der Waals surface area contributed by atoms with Crippen molar-refractivity contribution in [3.05, 3.63) is 16.7 Å². The molecule has 1 aromatic heterocycles. The van der Waals surface area contributed by atoms with Crippen LogP contribution in [0.25, 0.3) is 0 Å². The normalized spacial score (nSPS) is 17.7. The number of sulfone groups is 1. The third-order valence-corrected chi connectivity index (χ3v) is 4.69. The quantitative estimate of drug-likeness (QED) is 0.853. The van der Waals surface area contributed by atoms with Crippen LogP contribution >= 0.6 is 15.9 Å². The Morgan fingerprint density at radius 1 is 1.33 bits per heavy atom. The summed E-state index contributed by atoms with van der Waals surface area (Å²) in [4.78, 5) is 4.29. The molecule has 1 aliphatic carbocycles. The summed E-state index contributed by atoms with van der Waals surface area (Å²) in [7, 11) is -3.22. The predicted molar refractivity (Wildman–Crippen MR) is 72.5 cm³/mol. The molecule has 1 aromatic rings. The van der Waals surface area contributed by atoms with Gasteiger partial charge in [0.2, 0.25) is 5.88 Å². The van der Waals surface area contributed by atoms with Crippen molar-refractivity contribution in [3.63, 3.8) is 0 Å². The third-order valence-electron chi connectivity index (χ3n) is 3.04. The number of halogens is 1. The van der Waals surface area contributed by atoms with Crippen LogP contribution in [-0.2, 0) is 9.84 Å². The van der Waals surface area contributed by atoms with E-state index in [2.05, 4.69) is 20.9 Å². The molecule has 0 unspecified atom stereocenters. The Morgan fingerprint density at radius 2 is 2.00 bits per heavy atom.